The topological polar surface area (TPSA) is 70.8 Å². The number of aromatic nitrogens is 3. The average molecular weight is 352 g/mol. The third kappa shape index (κ3) is 2.90. The fourth-order valence-electron chi connectivity index (χ4n) is 2.75. The van der Waals surface area contributed by atoms with E-state index in [2.05, 4.69) is 15.0 Å². The van der Waals surface area contributed by atoms with Crippen LogP contribution in [0, 0.1) is 0 Å². The molecule has 0 saturated heterocycles. The Morgan fingerprint density at radius 3 is 2.16 bits per heavy atom. The van der Waals surface area contributed by atoms with Crippen LogP contribution in [0.1, 0.15) is 0 Å². The molecule has 0 radical (unpaired) electrons. The molecule has 0 spiro atoms. The molecule has 0 atom stereocenters. The summed E-state index contributed by atoms with van der Waals surface area (Å²) in [5.74, 6) is 0.824. The molecule has 0 saturated carbocycles. The number of rotatable bonds is 3. The molecule has 0 fully saturated rings. The molecule has 0 aliphatic carbocycles. The highest BCUT2D eigenvalue weighted by atomic mass is 35.5. The number of methoxy groups -OCH3 is 1. The van der Waals surface area contributed by atoms with E-state index in [-0.39, 0.29) is 5.69 Å². The van der Waals surface area contributed by atoms with Crippen LogP contribution >= 0.6 is 11.6 Å². The molecule has 0 amide bonds. The molecular weight excluding hydrogens is 338 g/mol. The summed E-state index contributed by atoms with van der Waals surface area (Å²) < 4.78 is 5.18. The summed E-state index contributed by atoms with van der Waals surface area (Å²) >= 11 is 6.32. The van der Waals surface area contributed by atoms with Crippen molar-refractivity contribution in [3.63, 3.8) is 0 Å². The Morgan fingerprint density at radius 1 is 0.920 bits per heavy atom. The Balaban J connectivity index is 1.72. The second kappa shape index (κ2) is 6.11. The monoisotopic (exact) mass is 351 g/mol. The summed E-state index contributed by atoms with van der Waals surface area (Å²) in [7, 11) is 1.65. The normalized spacial score (nSPS) is 11.0. The molecule has 2 aromatic carbocycles. The number of imidazole rings is 1. The first-order valence-corrected chi connectivity index (χ1v) is 8.05. The van der Waals surface area contributed by atoms with Crippen molar-refractivity contribution in [2.24, 2.45) is 0 Å². The molecule has 4 aromatic rings. The summed E-state index contributed by atoms with van der Waals surface area (Å²) in [6, 6.07) is 17.5. The van der Waals surface area contributed by atoms with Crippen LogP contribution in [-0.4, -0.2) is 22.1 Å². The number of aromatic amines is 2. The summed E-state index contributed by atoms with van der Waals surface area (Å²) in [5, 5.41) is 0.486. The Kier molecular flexibility index (Phi) is 3.78. The van der Waals surface area contributed by atoms with Gasteiger partial charge in [0.2, 0.25) is 0 Å². The van der Waals surface area contributed by atoms with Crippen molar-refractivity contribution in [3.8, 4) is 28.1 Å². The fraction of sp³-hybridized carbons (Fsp3) is 0.0526. The molecule has 5 nitrogen and oxygen atoms in total. The van der Waals surface area contributed by atoms with E-state index in [0.29, 0.717) is 21.9 Å². The van der Waals surface area contributed by atoms with Gasteiger partial charge in [-0.15, -0.1) is 0 Å². The van der Waals surface area contributed by atoms with Gasteiger partial charge in [-0.1, -0.05) is 48.0 Å². The van der Waals surface area contributed by atoms with Gasteiger partial charge in [-0.25, -0.2) is 9.78 Å². The Hall–Kier alpha value is -3.05. The van der Waals surface area contributed by atoms with Gasteiger partial charge in [-0.05, 0) is 29.3 Å². The van der Waals surface area contributed by atoms with Gasteiger partial charge in [0, 0.05) is 5.56 Å². The van der Waals surface area contributed by atoms with E-state index >= 15 is 0 Å². The van der Waals surface area contributed by atoms with Gasteiger partial charge in [0.05, 0.1) is 23.3 Å². The van der Waals surface area contributed by atoms with Crippen molar-refractivity contribution >= 4 is 22.8 Å². The van der Waals surface area contributed by atoms with E-state index in [1.807, 2.05) is 48.5 Å². The number of hydrogen-bond donors (Lipinski definition) is 2. The molecule has 124 valence electrons. The molecule has 0 aliphatic heterocycles. The van der Waals surface area contributed by atoms with Crippen molar-refractivity contribution in [3.05, 3.63) is 70.1 Å². The number of benzene rings is 2. The van der Waals surface area contributed by atoms with Crippen molar-refractivity contribution < 1.29 is 4.74 Å². The van der Waals surface area contributed by atoms with Gasteiger partial charge >= 0.3 is 5.69 Å². The van der Waals surface area contributed by atoms with Crippen molar-refractivity contribution in [1.29, 1.82) is 0 Å². The molecule has 2 heterocycles. The van der Waals surface area contributed by atoms with Crippen molar-refractivity contribution in [1.82, 2.24) is 15.0 Å². The maximum Gasteiger partial charge on any atom is 0.325 e. The van der Waals surface area contributed by atoms with Crippen LogP contribution in [0.3, 0.4) is 0 Å². The number of nitrogens with zero attached hydrogens (tertiary/aromatic N) is 1. The van der Waals surface area contributed by atoms with Crippen LogP contribution in [-0.2, 0) is 0 Å². The maximum absolute atomic E-state index is 11.4. The zero-order chi connectivity index (χ0) is 17.4. The number of nitrogens with one attached hydrogen (secondary N) is 2. The van der Waals surface area contributed by atoms with Crippen LogP contribution in [0.25, 0.3) is 33.5 Å². The Labute approximate surface area is 148 Å². The van der Waals surface area contributed by atoms with Gasteiger partial charge in [0.15, 0.2) is 5.65 Å². The summed E-state index contributed by atoms with van der Waals surface area (Å²) in [5.41, 5.74) is 4.47. The van der Waals surface area contributed by atoms with E-state index in [9.17, 15) is 4.79 Å². The third-order valence-corrected chi connectivity index (χ3v) is 4.33. The van der Waals surface area contributed by atoms with E-state index < -0.39 is 0 Å². The lowest BCUT2D eigenvalue weighted by Gasteiger charge is -2.07. The lowest BCUT2D eigenvalue weighted by molar-refractivity contribution is 0.415. The molecule has 4 rings (SSSR count). The lowest BCUT2D eigenvalue weighted by atomic mass is 10.0. The lowest BCUT2D eigenvalue weighted by Crippen LogP contribution is -1.99. The first-order chi connectivity index (χ1) is 12.1. The standard InChI is InChI=1S/C19H14ClN3O2/c1-25-14-8-6-12(7-9-14)11-2-4-13(5-3-11)17-15(20)10-16-18(22-17)23-19(24)21-16/h2-10H,1H3,(H2,21,22,23,24). The molecule has 0 aliphatic rings. The number of hydrogen-bond acceptors (Lipinski definition) is 3. The van der Waals surface area contributed by atoms with Gasteiger partial charge in [-0.3, -0.25) is 4.98 Å². The van der Waals surface area contributed by atoms with Gasteiger partial charge in [0.1, 0.15) is 5.75 Å². The number of pyridine rings is 1. The number of fused-ring (bicyclic) bond motifs is 1. The van der Waals surface area contributed by atoms with Crippen LogP contribution in [0.5, 0.6) is 5.75 Å². The first kappa shape index (κ1) is 15.5. The zero-order valence-corrected chi connectivity index (χ0v) is 14.1. The molecule has 0 unspecified atom stereocenters. The molecular formula is C19H14ClN3O2. The van der Waals surface area contributed by atoms with E-state index in [1.165, 1.54) is 0 Å². The van der Waals surface area contributed by atoms with Crippen molar-refractivity contribution in [2.45, 2.75) is 0 Å². The molecule has 25 heavy (non-hydrogen) atoms. The largest absolute Gasteiger partial charge is 0.497 e. The van der Waals surface area contributed by atoms with Gasteiger partial charge < -0.3 is 9.72 Å². The molecule has 0 bridgehead atoms. The predicted octanol–water partition coefficient (Wildman–Crippen LogP) is 4.25. The zero-order valence-electron chi connectivity index (χ0n) is 13.3. The first-order valence-electron chi connectivity index (χ1n) is 7.67. The van der Waals surface area contributed by atoms with E-state index in [1.54, 1.807) is 13.2 Å². The van der Waals surface area contributed by atoms with E-state index in [0.717, 1.165) is 22.4 Å². The quantitative estimate of drug-likeness (QED) is 0.579. The Bertz CT molecular complexity index is 1100. The van der Waals surface area contributed by atoms with Crippen LogP contribution in [0.15, 0.2) is 59.4 Å². The van der Waals surface area contributed by atoms with Gasteiger partial charge in [-0.2, -0.15) is 0 Å². The maximum atomic E-state index is 11.4. The number of H-pyrrole nitrogens is 2. The minimum Gasteiger partial charge on any atom is -0.497 e. The highest BCUT2D eigenvalue weighted by Crippen LogP contribution is 2.30. The van der Waals surface area contributed by atoms with Crippen LogP contribution in [0.4, 0.5) is 0 Å². The third-order valence-electron chi connectivity index (χ3n) is 4.04. The van der Waals surface area contributed by atoms with Crippen molar-refractivity contribution in [2.75, 3.05) is 7.11 Å². The number of halogens is 1. The minimum atomic E-state index is -0.300. The highest BCUT2D eigenvalue weighted by Gasteiger charge is 2.10. The summed E-state index contributed by atoms with van der Waals surface area (Å²) in [6.45, 7) is 0. The Morgan fingerprint density at radius 2 is 1.52 bits per heavy atom. The predicted molar refractivity (Wildman–Crippen MR) is 99.1 cm³/mol. The molecule has 2 aromatic heterocycles. The van der Waals surface area contributed by atoms with Crippen LogP contribution in [0.2, 0.25) is 5.02 Å². The van der Waals surface area contributed by atoms with Gasteiger partial charge in [0.25, 0.3) is 0 Å². The number of ether oxygens (including phenoxy) is 1. The molecule has 2 N–H and O–H groups in total. The average Bonchev–Trinajstić information content (AvgIpc) is 3.00. The summed E-state index contributed by atoms with van der Waals surface area (Å²) in [6.07, 6.45) is 0. The SMILES string of the molecule is COc1ccc(-c2ccc(-c3nc4[nH]c(=O)[nH]c4cc3Cl)cc2)cc1. The second-order valence-electron chi connectivity index (χ2n) is 5.60. The van der Waals surface area contributed by atoms with Crippen LogP contribution < -0.4 is 10.4 Å². The summed E-state index contributed by atoms with van der Waals surface area (Å²) in [4.78, 5) is 21.1. The molecule has 6 heteroatoms. The second-order valence-corrected chi connectivity index (χ2v) is 6.01. The minimum absolute atomic E-state index is 0.300. The highest BCUT2D eigenvalue weighted by molar-refractivity contribution is 6.33. The fourth-order valence-corrected chi connectivity index (χ4v) is 3.01. The smallest absolute Gasteiger partial charge is 0.325 e. The van der Waals surface area contributed by atoms with E-state index in [4.69, 9.17) is 16.3 Å².